The molecule has 1 aliphatic heterocycles. The van der Waals surface area contributed by atoms with E-state index in [1.807, 2.05) is 6.34 Å². The second-order valence-electron chi connectivity index (χ2n) is 4.54. The third-order valence-corrected chi connectivity index (χ3v) is 3.67. The average Bonchev–Trinajstić information content (AvgIpc) is 2.89. The van der Waals surface area contributed by atoms with Gasteiger partial charge < -0.3 is 5.32 Å². The van der Waals surface area contributed by atoms with E-state index in [1.165, 1.54) is 22.3 Å². The highest BCUT2D eigenvalue weighted by molar-refractivity contribution is 5.77. The number of hydrogen-bond donors (Lipinski definition) is 1. The van der Waals surface area contributed by atoms with E-state index in [0.29, 0.717) is 6.04 Å². The number of benzene rings is 2. The molecule has 0 saturated carbocycles. The van der Waals surface area contributed by atoms with E-state index < -0.39 is 0 Å². The summed E-state index contributed by atoms with van der Waals surface area (Å²) >= 11 is 0. The molecule has 0 bridgehead atoms. The maximum absolute atomic E-state index is 4.56. The predicted octanol–water partition coefficient (Wildman–Crippen LogP) is 3.08. The summed E-state index contributed by atoms with van der Waals surface area (Å²) in [5.41, 5.74) is 5.35. The van der Waals surface area contributed by atoms with Crippen molar-refractivity contribution in [2.24, 2.45) is 4.99 Å². The van der Waals surface area contributed by atoms with Crippen molar-refractivity contribution in [2.45, 2.75) is 12.1 Å². The zero-order chi connectivity index (χ0) is 11.2. The Morgan fingerprint density at radius 2 is 1.47 bits per heavy atom. The molecule has 0 spiro atoms. The molecular formula is C15H12N2. The highest BCUT2D eigenvalue weighted by Gasteiger charge is 2.34. The van der Waals surface area contributed by atoms with E-state index >= 15 is 0 Å². The fourth-order valence-corrected chi connectivity index (χ4v) is 2.91. The fraction of sp³-hybridized carbons (Fsp3) is 0.133. The molecule has 4 rings (SSSR count). The largest absolute Gasteiger partial charge is 0.367 e. The molecule has 0 saturated heterocycles. The summed E-state index contributed by atoms with van der Waals surface area (Å²) in [6.07, 6.45) is 1.84. The summed E-state index contributed by atoms with van der Waals surface area (Å²) < 4.78 is 0. The van der Waals surface area contributed by atoms with Crippen molar-refractivity contribution in [1.82, 2.24) is 5.32 Å². The Bertz CT molecular complexity index is 616. The minimum atomic E-state index is 0.237. The summed E-state index contributed by atoms with van der Waals surface area (Å²) in [5, 5.41) is 3.36. The number of aliphatic imine (C=N–C) groups is 1. The summed E-state index contributed by atoms with van der Waals surface area (Å²) in [6, 6.07) is 17.7. The lowest BCUT2D eigenvalue weighted by Gasteiger charge is -2.29. The molecular weight excluding hydrogens is 208 g/mol. The van der Waals surface area contributed by atoms with E-state index in [0.717, 1.165) is 0 Å². The highest BCUT2D eigenvalue weighted by atomic mass is 15.1. The zero-order valence-corrected chi connectivity index (χ0v) is 9.30. The number of rotatable bonds is 0. The van der Waals surface area contributed by atoms with Gasteiger partial charge in [0, 0.05) is 0 Å². The Hall–Kier alpha value is -2.09. The number of nitrogens with zero attached hydrogens (tertiary/aromatic N) is 1. The van der Waals surface area contributed by atoms with Gasteiger partial charge in [0.1, 0.15) is 6.04 Å². The number of hydrogen-bond acceptors (Lipinski definition) is 2. The Labute approximate surface area is 100 Å². The minimum absolute atomic E-state index is 0.237. The van der Waals surface area contributed by atoms with Crippen LogP contribution < -0.4 is 5.32 Å². The van der Waals surface area contributed by atoms with Gasteiger partial charge in [-0.1, -0.05) is 48.5 Å². The average molecular weight is 220 g/mol. The Morgan fingerprint density at radius 3 is 2.29 bits per heavy atom. The maximum atomic E-state index is 4.56. The van der Waals surface area contributed by atoms with Gasteiger partial charge in [0.25, 0.3) is 0 Å². The molecule has 1 N–H and O–H groups in total. The van der Waals surface area contributed by atoms with Crippen LogP contribution in [0.2, 0.25) is 0 Å². The first-order valence-electron chi connectivity index (χ1n) is 5.91. The lowest BCUT2D eigenvalue weighted by Crippen LogP contribution is -2.22. The van der Waals surface area contributed by atoms with Crippen LogP contribution in [0.15, 0.2) is 53.5 Å². The molecule has 2 aromatic rings. The molecule has 1 heterocycles. The van der Waals surface area contributed by atoms with Crippen LogP contribution in [-0.4, -0.2) is 6.34 Å². The smallest absolute Gasteiger partial charge is 0.102 e. The van der Waals surface area contributed by atoms with Crippen molar-refractivity contribution in [1.29, 1.82) is 0 Å². The molecule has 82 valence electrons. The molecule has 2 nitrogen and oxygen atoms in total. The highest BCUT2D eigenvalue weighted by Crippen LogP contribution is 2.47. The first kappa shape index (κ1) is 8.99. The molecule has 17 heavy (non-hydrogen) atoms. The van der Waals surface area contributed by atoms with Gasteiger partial charge in [-0.05, 0) is 22.3 Å². The number of nitrogens with one attached hydrogen (secondary N) is 1. The van der Waals surface area contributed by atoms with Crippen LogP contribution in [0.3, 0.4) is 0 Å². The second-order valence-corrected chi connectivity index (χ2v) is 4.54. The number of fused-ring (bicyclic) bond motifs is 6. The van der Waals surface area contributed by atoms with Crippen LogP contribution >= 0.6 is 0 Å². The Kier molecular flexibility index (Phi) is 1.69. The van der Waals surface area contributed by atoms with Gasteiger partial charge in [-0.25, -0.2) is 0 Å². The second kappa shape index (κ2) is 3.20. The molecule has 2 aliphatic rings. The van der Waals surface area contributed by atoms with Gasteiger partial charge in [0.2, 0.25) is 0 Å². The van der Waals surface area contributed by atoms with Gasteiger partial charge in [0.15, 0.2) is 0 Å². The lowest BCUT2D eigenvalue weighted by atomic mass is 9.80. The summed E-state index contributed by atoms with van der Waals surface area (Å²) in [7, 11) is 0. The molecule has 1 aliphatic carbocycles. The van der Waals surface area contributed by atoms with Gasteiger partial charge in [-0.15, -0.1) is 0 Å². The Balaban J connectivity index is 2.06. The van der Waals surface area contributed by atoms with Gasteiger partial charge in [-0.3, -0.25) is 4.99 Å². The van der Waals surface area contributed by atoms with Crippen LogP contribution in [0.4, 0.5) is 0 Å². The van der Waals surface area contributed by atoms with E-state index in [9.17, 15) is 0 Å². The van der Waals surface area contributed by atoms with Crippen molar-refractivity contribution >= 4 is 6.34 Å². The summed E-state index contributed by atoms with van der Waals surface area (Å²) in [4.78, 5) is 4.56. The molecule has 2 atom stereocenters. The van der Waals surface area contributed by atoms with Crippen molar-refractivity contribution in [3.05, 3.63) is 59.7 Å². The van der Waals surface area contributed by atoms with Crippen molar-refractivity contribution in [3.8, 4) is 11.1 Å². The molecule has 0 fully saturated rings. The fourth-order valence-electron chi connectivity index (χ4n) is 2.91. The van der Waals surface area contributed by atoms with Gasteiger partial charge >= 0.3 is 0 Å². The molecule has 0 radical (unpaired) electrons. The topological polar surface area (TPSA) is 24.4 Å². The van der Waals surface area contributed by atoms with Gasteiger partial charge in [-0.2, -0.15) is 0 Å². The first-order chi connectivity index (χ1) is 8.45. The molecule has 2 unspecified atom stereocenters. The first-order valence-corrected chi connectivity index (χ1v) is 5.91. The Morgan fingerprint density at radius 1 is 0.824 bits per heavy atom. The van der Waals surface area contributed by atoms with Crippen LogP contribution in [-0.2, 0) is 0 Å². The third-order valence-electron chi connectivity index (χ3n) is 3.67. The predicted molar refractivity (Wildman–Crippen MR) is 69.0 cm³/mol. The van der Waals surface area contributed by atoms with Crippen LogP contribution in [0, 0.1) is 0 Å². The van der Waals surface area contributed by atoms with E-state index in [4.69, 9.17) is 0 Å². The standard InChI is InChI=1S/C15H12N2/c1-3-7-12-10(5-1)11-6-2-4-8-13(11)15-14(12)16-9-17-15/h1-9,14-15H,(H,16,17). The van der Waals surface area contributed by atoms with Crippen LogP contribution in [0.5, 0.6) is 0 Å². The third kappa shape index (κ3) is 1.12. The minimum Gasteiger partial charge on any atom is -0.367 e. The maximum Gasteiger partial charge on any atom is 0.102 e. The van der Waals surface area contributed by atoms with E-state index in [-0.39, 0.29) is 6.04 Å². The monoisotopic (exact) mass is 220 g/mol. The SMILES string of the molecule is C1=NC2c3ccccc3-c3ccccc3C2N1. The van der Waals surface area contributed by atoms with Crippen molar-refractivity contribution in [2.75, 3.05) is 0 Å². The molecule has 2 heteroatoms. The van der Waals surface area contributed by atoms with Crippen molar-refractivity contribution in [3.63, 3.8) is 0 Å². The molecule has 2 aromatic carbocycles. The summed E-state index contributed by atoms with van der Waals surface area (Å²) in [6.45, 7) is 0. The van der Waals surface area contributed by atoms with E-state index in [2.05, 4.69) is 58.8 Å². The normalized spacial score (nSPS) is 23.5. The summed E-state index contributed by atoms with van der Waals surface area (Å²) in [5.74, 6) is 0. The quantitative estimate of drug-likeness (QED) is 0.725. The molecule has 0 amide bonds. The van der Waals surface area contributed by atoms with E-state index in [1.54, 1.807) is 0 Å². The zero-order valence-electron chi connectivity index (χ0n) is 9.30. The van der Waals surface area contributed by atoms with Crippen LogP contribution in [0.1, 0.15) is 23.2 Å². The molecule has 0 aromatic heterocycles. The van der Waals surface area contributed by atoms with Crippen molar-refractivity contribution < 1.29 is 0 Å². The van der Waals surface area contributed by atoms with Crippen LogP contribution in [0.25, 0.3) is 11.1 Å². The lowest BCUT2D eigenvalue weighted by molar-refractivity contribution is 0.567. The van der Waals surface area contributed by atoms with Gasteiger partial charge in [0.05, 0.1) is 12.4 Å².